The third-order valence-corrected chi connectivity index (χ3v) is 6.09. The van der Waals surface area contributed by atoms with Crippen molar-refractivity contribution < 1.29 is 14.8 Å². The van der Waals surface area contributed by atoms with E-state index in [1.54, 1.807) is 18.2 Å². The first-order valence-corrected chi connectivity index (χ1v) is 10.5. The first kappa shape index (κ1) is 24.8. The van der Waals surface area contributed by atoms with Crippen molar-refractivity contribution in [2.45, 2.75) is 12.5 Å². The highest BCUT2D eigenvalue weighted by molar-refractivity contribution is 6.35. The number of nitro groups is 1. The summed E-state index contributed by atoms with van der Waals surface area (Å²) in [5.41, 5.74) is 3.59. The van der Waals surface area contributed by atoms with E-state index in [2.05, 4.69) is 4.90 Å². The summed E-state index contributed by atoms with van der Waals surface area (Å²) in [7, 11) is 2.01. The Labute approximate surface area is 206 Å². The van der Waals surface area contributed by atoms with E-state index in [0.29, 0.717) is 28.0 Å². The van der Waals surface area contributed by atoms with Gasteiger partial charge in [0.05, 0.1) is 16.3 Å². The number of amides is 1. The van der Waals surface area contributed by atoms with Gasteiger partial charge in [0.25, 0.3) is 5.69 Å². The minimum Gasteiger partial charge on any atom is -0.464 e. The molecule has 0 radical (unpaired) electrons. The van der Waals surface area contributed by atoms with E-state index in [-0.39, 0.29) is 24.0 Å². The first-order chi connectivity index (χ1) is 15.2. The molecule has 7 nitrogen and oxygen atoms in total. The van der Waals surface area contributed by atoms with Crippen LogP contribution < -0.4 is 4.90 Å². The highest BCUT2D eigenvalue weighted by Crippen LogP contribution is 2.39. The summed E-state index contributed by atoms with van der Waals surface area (Å²) in [6.45, 7) is 1.42. The molecule has 0 fully saturated rings. The summed E-state index contributed by atoms with van der Waals surface area (Å²) in [5, 5.41) is 22.0. The van der Waals surface area contributed by atoms with Crippen LogP contribution in [0.4, 0.5) is 21.9 Å². The fourth-order valence-corrected chi connectivity index (χ4v) is 4.67. The molecule has 172 valence electrons. The van der Waals surface area contributed by atoms with Gasteiger partial charge in [0, 0.05) is 41.2 Å². The number of anilines is 2. The number of carbonyl (C=O) groups is 1. The Morgan fingerprint density at radius 3 is 2.45 bits per heavy atom. The zero-order valence-electron chi connectivity index (χ0n) is 17.4. The van der Waals surface area contributed by atoms with E-state index >= 15 is 0 Å². The fourth-order valence-electron chi connectivity index (χ4n) is 4.10. The van der Waals surface area contributed by atoms with E-state index in [4.69, 9.17) is 23.2 Å². The molecular formula is C23H20Cl3N3O4. The lowest BCUT2D eigenvalue weighted by molar-refractivity contribution is -0.384. The molecular weight excluding hydrogens is 489 g/mol. The van der Waals surface area contributed by atoms with Crippen LogP contribution in [-0.4, -0.2) is 34.6 Å². The van der Waals surface area contributed by atoms with Crippen molar-refractivity contribution in [3.8, 4) is 0 Å². The van der Waals surface area contributed by atoms with Crippen molar-refractivity contribution in [2.75, 3.05) is 18.5 Å². The summed E-state index contributed by atoms with van der Waals surface area (Å²) < 4.78 is 0. The Balaban J connectivity index is 0.00000306. The number of nitrogens with zero attached hydrogens (tertiary/aromatic N) is 3. The quantitative estimate of drug-likeness (QED) is 0.312. The lowest BCUT2D eigenvalue weighted by atomic mass is 9.84. The van der Waals surface area contributed by atoms with Crippen LogP contribution in [0, 0.1) is 10.1 Å². The SMILES string of the molecule is CN1Cc2c(Cl)cc(Cl)cc2C(c2cccc(N(C(=O)O)c3ccc([N+](=O)[O-])cc3)c2)C1.Cl. The third kappa shape index (κ3) is 5.07. The molecule has 0 saturated carbocycles. The number of hydrogen-bond acceptors (Lipinski definition) is 4. The topological polar surface area (TPSA) is 86.9 Å². The number of fused-ring (bicyclic) bond motifs is 1. The van der Waals surface area contributed by atoms with Crippen LogP contribution in [0.15, 0.2) is 60.7 Å². The number of benzene rings is 3. The molecule has 1 aliphatic heterocycles. The number of halogens is 3. The molecule has 0 bridgehead atoms. The van der Waals surface area contributed by atoms with Crippen LogP contribution in [-0.2, 0) is 6.54 Å². The average molecular weight is 509 g/mol. The minimum atomic E-state index is -1.19. The van der Waals surface area contributed by atoms with E-state index < -0.39 is 11.0 Å². The number of non-ortho nitro benzene ring substituents is 1. The van der Waals surface area contributed by atoms with E-state index in [1.165, 1.54) is 24.3 Å². The van der Waals surface area contributed by atoms with Crippen LogP contribution in [0.1, 0.15) is 22.6 Å². The van der Waals surface area contributed by atoms with Crippen LogP contribution in [0.25, 0.3) is 0 Å². The molecule has 3 aromatic carbocycles. The molecule has 3 aromatic rings. The van der Waals surface area contributed by atoms with Crippen molar-refractivity contribution in [3.05, 3.63) is 97.5 Å². The van der Waals surface area contributed by atoms with E-state index in [9.17, 15) is 20.0 Å². The summed E-state index contributed by atoms with van der Waals surface area (Å²) in [5.74, 6) is -0.0487. The second-order valence-corrected chi connectivity index (χ2v) is 8.53. The number of rotatable bonds is 4. The number of carboxylic acid groups (broad SMARTS) is 1. The zero-order valence-corrected chi connectivity index (χ0v) is 19.8. The Morgan fingerprint density at radius 1 is 1.12 bits per heavy atom. The second kappa shape index (κ2) is 9.97. The van der Waals surface area contributed by atoms with Gasteiger partial charge in [-0.3, -0.25) is 10.1 Å². The number of hydrogen-bond donors (Lipinski definition) is 1. The number of nitro benzene ring substituents is 1. The van der Waals surface area contributed by atoms with Gasteiger partial charge in [-0.25, -0.2) is 9.69 Å². The van der Waals surface area contributed by atoms with Crippen LogP contribution in [0.5, 0.6) is 0 Å². The number of likely N-dealkylation sites (N-methyl/N-ethyl adjacent to an activating group) is 1. The Hall–Kier alpha value is -2.84. The highest BCUT2D eigenvalue weighted by atomic mass is 35.5. The molecule has 1 heterocycles. The van der Waals surface area contributed by atoms with Crippen molar-refractivity contribution in [3.63, 3.8) is 0 Å². The van der Waals surface area contributed by atoms with Gasteiger partial charge in [0.15, 0.2) is 0 Å². The van der Waals surface area contributed by atoms with Gasteiger partial charge in [-0.1, -0.05) is 35.3 Å². The third-order valence-electron chi connectivity index (χ3n) is 5.53. The highest BCUT2D eigenvalue weighted by Gasteiger charge is 2.28. The van der Waals surface area contributed by atoms with Crippen molar-refractivity contribution in [1.82, 2.24) is 4.90 Å². The summed E-state index contributed by atoms with van der Waals surface area (Å²) >= 11 is 12.7. The van der Waals surface area contributed by atoms with Gasteiger partial charge >= 0.3 is 6.09 Å². The molecule has 1 unspecified atom stereocenters. The van der Waals surface area contributed by atoms with Crippen molar-refractivity contribution >= 4 is 58.8 Å². The Morgan fingerprint density at radius 2 is 1.82 bits per heavy atom. The molecule has 4 rings (SSSR count). The second-order valence-electron chi connectivity index (χ2n) is 7.69. The molecule has 1 N–H and O–H groups in total. The molecule has 1 amide bonds. The first-order valence-electron chi connectivity index (χ1n) is 9.78. The maximum absolute atomic E-state index is 12.1. The summed E-state index contributed by atoms with van der Waals surface area (Å²) in [4.78, 5) is 25.8. The smallest absolute Gasteiger partial charge is 0.416 e. The van der Waals surface area contributed by atoms with Crippen molar-refractivity contribution in [2.24, 2.45) is 0 Å². The van der Waals surface area contributed by atoms with Crippen LogP contribution in [0.2, 0.25) is 10.0 Å². The van der Waals surface area contributed by atoms with E-state index in [1.807, 2.05) is 25.2 Å². The summed E-state index contributed by atoms with van der Waals surface area (Å²) in [6, 6.07) is 16.3. The van der Waals surface area contributed by atoms with Gasteiger partial charge in [0.1, 0.15) is 0 Å². The molecule has 33 heavy (non-hydrogen) atoms. The molecule has 0 aromatic heterocycles. The maximum atomic E-state index is 12.1. The fraction of sp³-hybridized carbons (Fsp3) is 0.174. The molecule has 1 atom stereocenters. The van der Waals surface area contributed by atoms with E-state index in [0.717, 1.165) is 28.1 Å². The van der Waals surface area contributed by atoms with Crippen molar-refractivity contribution in [1.29, 1.82) is 0 Å². The van der Waals surface area contributed by atoms with Gasteiger partial charge in [0.2, 0.25) is 0 Å². The Kier molecular flexibility index (Phi) is 7.49. The molecule has 0 spiro atoms. The maximum Gasteiger partial charge on any atom is 0.416 e. The molecule has 0 aliphatic carbocycles. The lowest BCUT2D eigenvalue weighted by Gasteiger charge is -2.34. The summed E-state index contributed by atoms with van der Waals surface area (Å²) in [6.07, 6.45) is -1.19. The molecule has 0 saturated heterocycles. The van der Waals surface area contributed by atoms with Gasteiger partial charge < -0.3 is 10.0 Å². The standard InChI is InChI=1S/C23H19Cl2N3O4.ClH/c1-26-12-20(19-10-15(24)11-22(25)21(19)13-26)14-3-2-4-18(9-14)27(23(29)30)16-5-7-17(8-6-16)28(31)32;/h2-11,20H,12-13H2,1H3,(H,29,30);1H. The van der Waals surface area contributed by atoms with Crippen LogP contribution >= 0.6 is 35.6 Å². The predicted octanol–water partition coefficient (Wildman–Crippen LogP) is 6.72. The molecule has 10 heteroatoms. The minimum absolute atomic E-state index is 0. The van der Waals surface area contributed by atoms with Gasteiger partial charge in [-0.05, 0) is 60.1 Å². The largest absolute Gasteiger partial charge is 0.464 e. The zero-order chi connectivity index (χ0) is 23.0. The lowest BCUT2D eigenvalue weighted by Crippen LogP contribution is -2.31. The predicted molar refractivity (Wildman–Crippen MR) is 132 cm³/mol. The Bertz CT molecular complexity index is 1200. The van der Waals surface area contributed by atoms with Crippen LogP contribution in [0.3, 0.4) is 0 Å². The van der Waals surface area contributed by atoms with Gasteiger partial charge in [-0.2, -0.15) is 0 Å². The molecule has 1 aliphatic rings. The normalized spacial score (nSPS) is 15.3. The van der Waals surface area contributed by atoms with Gasteiger partial charge in [-0.15, -0.1) is 12.4 Å². The average Bonchev–Trinajstić information content (AvgIpc) is 2.74. The monoisotopic (exact) mass is 507 g/mol.